The number of rotatable bonds is 7. The summed E-state index contributed by atoms with van der Waals surface area (Å²) in [4.78, 5) is 20.0. The molecule has 0 amide bonds. The van der Waals surface area contributed by atoms with E-state index in [9.17, 15) is 4.79 Å². The third-order valence-electron chi connectivity index (χ3n) is 2.58. The van der Waals surface area contributed by atoms with E-state index in [1.165, 1.54) is 11.3 Å². The van der Waals surface area contributed by atoms with E-state index in [1.54, 1.807) is 18.5 Å². The predicted octanol–water partition coefficient (Wildman–Crippen LogP) is 2.05. The van der Waals surface area contributed by atoms with Crippen LogP contribution in [0.5, 0.6) is 0 Å². The summed E-state index contributed by atoms with van der Waals surface area (Å²) >= 11 is 1.48. The number of ether oxygens (including phenoxy) is 1. The van der Waals surface area contributed by atoms with Crippen molar-refractivity contribution in [2.75, 3.05) is 13.2 Å². The van der Waals surface area contributed by atoms with Crippen LogP contribution in [0, 0.1) is 0 Å². The number of carbonyl (C=O) groups excluding carboxylic acids is 1. The molecule has 0 aliphatic heterocycles. The van der Waals surface area contributed by atoms with E-state index >= 15 is 0 Å². The fraction of sp³-hybridized carbons (Fsp3) is 0.357. The molecule has 0 aliphatic rings. The fourth-order valence-corrected chi connectivity index (χ4v) is 2.41. The van der Waals surface area contributed by atoms with Crippen LogP contribution in [0.2, 0.25) is 0 Å². The maximum Gasteiger partial charge on any atom is 0.357 e. The van der Waals surface area contributed by atoms with Crippen molar-refractivity contribution in [2.24, 2.45) is 0 Å². The molecule has 2 heterocycles. The number of thiazole rings is 1. The van der Waals surface area contributed by atoms with Crippen LogP contribution in [0.15, 0.2) is 29.8 Å². The summed E-state index contributed by atoms with van der Waals surface area (Å²) in [7, 11) is 0. The van der Waals surface area contributed by atoms with Gasteiger partial charge in [-0.15, -0.1) is 11.3 Å². The summed E-state index contributed by atoms with van der Waals surface area (Å²) in [6.07, 6.45) is 2.57. The molecule has 2 rings (SSSR count). The maximum absolute atomic E-state index is 11.5. The third-order valence-corrected chi connectivity index (χ3v) is 3.49. The number of pyridine rings is 1. The van der Waals surface area contributed by atoms with Gasteiger partial charge < -0.3 is 10.1 Å². The zero-order valence-corrected chi connectivity index (χ0v) is 12.2. The lowest BCUT2D eigenvalue weighted by molar-refractivity contribution is 0.0520. The molecule has 0 unspecified atom stereocenters. The molecule has 2 aromatic heterocycles. The van der Waals surface area contributed by atoms with Gasteiger partial charge in [-0.1, -0.05) is 6.07 Å². The van der Waals surface area contributed by atoms with Crippen molar-refractivity contribution < 1.29 is 9.53 Å². The highest BCUT2D eigenvalue weighted by atomic mass is 32.1. The maximum atomic E-state index is 11.5. The summed E-state index contributed by atoms with van der Waals surface area (Å²) in [5, 5.41) is 5.98. The van der Waals surface area contributed by atoms with Crippen molar-refractivity contribution in [2.45, 2.75) is 19.9 Å². The SMILES string of the molecule is CCOC(=O)c1csc(CCNCc2ccccn2)n1. The molecule has 6 heteroatoms. The molecule has 0 radical (unpaired) electrons. The molecule has 0 atom stereocenters. The molecule has 5 nitrogen and oxygen atoms in total. The second kappa shape index (κ2) is 7.72. The molecule has 106 valence electrons. The average Bonchev–Trinajstić information content (AvgIpc) is 2.94. The topological polar surface area (TPSA) is 64.1 Å². The van der Waals surface area contributed by atoms with Crippen molar-refractivity contribution in [1.82, 2.24) is 15.3 Å². The van der Waals surface area contributed by atoms with Crippen LogP contribution in [0.3, 0.4) is 0 Å². The number of esters is 1. The van der Waals surface area contributed by atoms with Crippen LogP contribution in [0.1, 0.15) is 28.1 Å². The highest BCUT2D eigenvalue weighted by Gasteiger charge is 2.10. The lowest BCUT2D eigenvalue weighted by Crippen LogP contribution is -2.17. The van der Waals surface area contributed by atoms with Crippen molar-refractivity contribution in [1.29, 1.82) is 0 Å². The summed E-state index contributed by atoms with van der Waals surface area (Å²) in [6, 6.07) is 5.85. The molecule has 0 fully saturated rings. The van der Waals surface area contributed by atoms with Gasteiger partial charge in [-0.2, -0.15) is 0 Å². The van der Waals surface area contributed by atoms with Crippen LogP contribution in [0.4, 0.5) is 0 Å². The molecule has 0 aromatic carbocycles. The molecule has 2 aromatic rings. The number of nitrogens with one attached hydrogen (secondary N) is 1. The van der Waals surface area contributed by atoms with E-state index in [-0.39, 0.29) is 5.97 Å². The summed E-state index contributed by atoms with van der Waals surface area (Å²) in [6.45, 7) is 3.69. The Morgan fingerprint density at radius 2 is 2.35 bits per heavy atom. The monoisotopic (exact) mass is 291 g/mol. The lowest BCUT2D eigenvalue weighted by Gasteiger charge is -2.02. The minimum atomic E-state index is -0.351. The van der Waals surface area contributed by atoms with Gasteiger partial charge in [-0.3, -0.25) is 4.98 Å². The highest BCUT2D eigenvalue weighted by molar-refractivity contribution is 7.09. The van der Waals surface area contributed by atoms with Crippen LogP contribution >= 0.6 is 11.3 Å². The van der Waals surface area contributed by atoms with Crippen LogP contribution in [-0.2, 0) is 17.7 Å². The molecule has 20 heavy (non-hydrogen) atoms. The average molecular weight is 291 g/mol. The van der Waals surface area contributed by atoms with Gasteiger partial charge in [-0.05, 0) is 19.1 Å². The number of aromatic nitrogens is 2. The van der Waals surface area contributed by atoms with Gasteiger partial charge in [0.2, 0.25) is 0 Å². The molecule has 1 N–H and O–H groups in total. The normalized spacial score (nSPS) is 10.4. The van der Waals surface area contributed by atoms with Crippen LogP contribution in [0.25, 0.3) is 0 Å². The zero-order valence-electron chi connectivity index (χ0n) is 11.3. The Morgan fingerprint density at radius 3 is 3.10 bits per heavy atom. The van der Waals surface area contributed by atoms with Gasteiger partial charge in [-0.25, -0.2) is 9.78 Å². The molecular weight excluding hydrogens is 274 g/mol. The van der Waals surface area contributed by atoms with Crippen LogP contribution < -0.4 is 5.32 Å². The van der Waals surface area contributed by atoms with Crippen molar-refractivity contribution >= 4 is 17.3 Å². The Bertz CT molecular complexity index is 542. The highest BCUT2D eigenvalue weighted by Crippen LogP contribution is 2.11. The largest absolute Gasteiger partial charge is 0.461 e. The molecular formula is C14H17N3O2S. The quantitative estimate of drug-likeness (QED) is 0.625. The number of carbonyl (C=O) groups is 1. The summed E-state index contributed by atoms with van der Waals surface area (Å²) in [5.41, 5.74) is 1.41. The fourth-order valence-electron chi connectivity index (χ4n) is 1.64. The summed E-state index contributed by atoms with van der Waals surface area (Å²) < 4.78 is 4.91. The van der Waals surface area contributed by atoms with Gasteiger partial charge >= 0.3 is 5.97 Å². The van der Waals surface area contributed by atoms with Gasteiger partial charge in [0.25, 0.3) is 0 Å². The second-order valence-corrected chi connectivity index (χ2v) is 5.04. The van der Waals surface area contributed by atoms with E-state index in [2.05, 4.69) is 15.3 Å². The standard InChI is InChI=1S/C14H17N3O2S/c1-2-19-14(18)12-10-20-13(17-12)6-8-15-9-11-5-3-4-7-16-11/h3-5,7,10,15H,2,6,8-9H2,1H3. The van der Waals surface area contributed by atoms with E-state index in [1.807, 2.05) is 18.2 Å². The molecule has 0 bridgehead atoms. The summed E-state index contributed by atoms with van der Waals surface area (Å²) in [5.74, 6) is -0.351. The van der Waals surface area contributed by atoms with Crippen molar-refractivity contribution in [3.8, 4) is 0 Å². The Labute approximate surface area is 122 Å². The van der Waals surface area contributed by atoms with Gasteiger partial charge in [0.1, 0.15) is 0 Å². The molecule has 0 saturated heterocycles. The van der Waals surface area contributed by atoms with E-state index < -0.39 is 0 Å². The van der Waals surface area contributed by atoms with E-state index in [0.29, 0.717) is 12.3 Å². The van der Waals surface area contributed by atoms with Gasteiger partial charge in [0.05, 0.1) is 17.3 Å². The Morgan fingerprint density at radius 1 is 1.45 bits per heavy atom. The van der Waals surface area contributed by atoms with Crippen molar-refractivity contribution in [3.05, 3.63) is 46.2 Å². The molecule has 0 spiro atoms. The molecule has 0 aliphatic carbocycles. The third kappa shape index (κ3) is 4.40. The Kier molecular flexibility index (Phi) is 5.64. The number of nitrogens with zero attached hydrogens (tertiary/aromatic N) is 2. The second-order valence-electron chi connectivity index (χ2n) is 4.09. The smallest absolute Gasteiger partial charge is 0.357 e. The predicted molar refractivity (Wildman–Crippen MR) is 77.7 cm³/mol. The first kappa shape index (κ1) is 14.6. The zero-order chi connectivity index (χ0) is 14.2. The first-order valence-corrected chi connectivity index (χ1v) is 7.39. The Hall–Kier alpha value is -1.79. The number of hydrogen-bond donors (Lipinski definition) is 1. The van der Waals surface area contributed by atoms with E-state index in [4.69, 9.17) is 4.74 Å². The first-order chi connectivity index (χ1) is 9.79. The van der Waals surface area contributed by atoms with Crippen LogP contribution in [-0.4, -0.2) is 29.1 Å². The van der Waals surface area contributed by atoms with Gasteiger partial charge in [0, 0.05) is 31.1 Å². The minimum absolute atomic E-state index is 0.351. The van der Waals surface area contributed by atoms with E-state index in [0.717, 1.165) is 30.2 Å². The molecule has 0 saturated carbocycles. The number of hydrogen-bond acceptors (Lipinski definition) is 6. The Balaban J connectivity index is 1.73. The van der Waals surface area contributed by atoms with Crippen molar-refractivity contribution in [3.63, 3.8) is 0 Å². The minimum Gasteiger partial charge on any atom is -0.461 e. The first-order valence-electron chi connectivity index (χ1n) is 6.51. The van der Waals surface area contributed by atoms with Gasteiger partial charge in [0.15, 0.2) is 5.69 Å². The lowest BCUT2D eigenvalue weighted by atomic mass is 10.3.